The van der Waals surface area contributed by atoms with Crippen molar-refractivity contribution in [1.82, 2.24) is 10.2 Å². The Morgan fingerprint density at radius 3 is 2.79 bits per heavy atom. The Kier molecular flexibility index (Phi) is 8.27. The van der Waals surface area contributed by atoms with Crippen LogP contribution in [0.3, 0.4) is 0 Å². The maximum Gasteiger partial charge on any atom is 0.188 e. The van der Waals surface area contributed by atoms with Gasteiger partial charge < -0.3 is 20.7 Å². The quantitative estimate of drug-likeness (QED) is 0.431. The third-order valence-electron chi connectivity index (χ3n) is 1.80. The number of ether oxygens (including phenoxy) is 1. The van der Waals surface area contributed by atoms with Crippen molar-refractivity contribution >= 4 is 5.96 Å². The molecule has 0 aliphatic heterocycles. The average Bonchev–Trinajstić information content (AvgIpc) is 2.15. The molecule has 0 aliphatic carbocycles. The summed E-state index contributed by atoms with van der Waals surface area (Å²) in [5.41, 5.74) is 5.57. The van der Waals surface area contributed by atoms with Crippen molar-refractivity contribution < 1.29 is 4.74 Å². The van der Waals surface area contributed by atoms with Crippen LogP contribution in [0.2, 0.25) is 0 Å². The standard InChI is InChI=1S/C9H22N4O/c1-4-11-9(10)12-5-6-13(2)7-8-14-3/h4-8H2,1-3H3,(H3,10,11,12). The summed E-state index contributed by atoms with van der Waals surface area (Å²) in [6.45, 7) is 6.10. The van der Waals surface area contributed by atoms with E-state index in [0.29, 0.717) is 5.96 Å². The number of hydrogen-bond donors (Lipinski definition) is 2. The summed E-state index contributed by atoms with van der Waals surface area (Å²) >= 11 is 0. The Morgan fingerprint density at radius 2 is 2.21 bits per heavy atom. The van der Waals surface area contributed by atoms with Crippen molar-refractivity contribution in [2.24, 2.45) is 10.7 Å². The summed E-state index contributed by atoms with van der Waals surface area (Å²) in [6.07, 6.45) is 0. The highest BCUT2D eigenvalue weighted by Gasteiger charge is 1.96. The number of nitrogens with zero attached hydrogens (tertiary/aromatic N) is 2. The lowest BCUT2D eigenvalue weighted by molar-refractivity contribution is 0.163. The van der Waals surface area contributed by atoms with Crippen LogP contribution in [0, 0.1) is 0 Å². The van der Waals surface area contributed by atoms with Gasteiger partial charge in [0.1, 0.15) is 0 Å². The molecule has 0 radical (unpaired) electrons. The molecule has 0 bridgehead atoms. The van der Waals surface area contributed by atoms with Crippen LogP contribution in [0.25, 0.3) is 0 Å². The van der Waals surface area contributed by atoms with Gasteiger partial charge in [-0.05, 0) is 14.0 Å². The molecule has 5 nitrogen and oxygen atoms in total. The molecule has 0 aromatic carbocycles. The molecular weight excluding hydrogens is 180 g/mol. The third-order valence-corrected chi connectivity index (χ3v) is 1.80. The monoisotopic (exact) mass is 202 g/mol. The molecule has 14 heavy (non-hydrogen) atoms. The highest BCUT2D eigenvalue weighted by molar-refractivity contribution is 5.77. The predicted molar refractivity (Wildman–Crippen MR) is 59.5 cm³/mol. The molecule has 3 N–H and O–H groups in total. The third kappa shape index (κ3) is 7.82. The van der Waals surface area contributed by atoms with Gasteiger partial charge in [-0.3, -0.25) is 4.99 Å². The Labute approximate surface area is 86.3 Å². The van der Waals surface area contributed by atoms with E-state index in [-0.39, 0.29) is 0 Å². The van der Waals surface area contributed by atoms with Gasteiger partial charge in [0, 0.05) is 26.7 Å². The van der Waals surface area contributed by atoms with E-state index in [0.717, 1.165) is 32.8 Å². The molecule has 0 unspecified atom stereocenters. The van der Waals surface area contributed by atoms with Crippen LogP contribution in [-0.2, 0) is 4.74 Å². The SMILES string of the molecule is CCNC(N)=NCCN(C)CCOC. The summed E-state index contributed by atoms with van der Waals surface area (Å²) in [7, 11) is 3.74. The van der Waals surface area contributed by atoms with Crippen LogP contribution < -0.4 is 11.1 Å². The van der Waals surface area contributed by atoms with Crippen LogP contribution in [-0.4, -0.2) is 57.8 Å². The number of hydrogen-bond acceptors (Lipinski definition) is 3. The molecule has 0 atom stereocenters. The number of aliphatic imine (C=N–C) groups is 1. The zero-order chi connectivity index (χ0) is 10.8. The molecule has 0 spiro atoms. The molecule has 0 fully saturated rings. The summed E-state index contributed by atoms with van der Waals surface area (Å²) < 4.78 is 4.96. The molecule has 0 saturated heterocycles. The first-order valence-electron chi connectivity index (χ1n) is 4.92. The maximum atomic E-state index is 5.57. The zero-order valence-corrected chi connectivity index (χ0v) is 9.42. The normalized spacial score (nSPS) is 12.1. The molecule has 0 amide bonds. The molecule has 0 aliphatic rings. The van der Waals surface area contributed by atoms with E-state index in [1.807, 2.05) is 14.0 Å². The molecule has 84 valence electrons. The Balaban J connectivity index is 3.46. The molecule has 5 heteroatoms. The fraction of sp³-hybridized carbons (Fsp3) is 0.889. The second kappa shape index (κ2) is 8.77. The van der Waals surface area contributed by atoms with Gasteiger partial charge in [-0.15, -0.1) is 0 Å². The lowest BCUT2D eigenvalue weighted by Crippen LogP contribution is -2.32. The molecular formula is C9H22N4O. The largest absolute Gasteiger partial charge is 0.383 e. The minimum absolute atomic E-state index is 0.521. The van der Waals surface area contributed by atoms with Crippen LogP contribution in [0.4, 0.5) is 0 Å². The van der Waals surface area contributed by atoms with E-state index in [1.165, 1.54) is 0 Å². The Bertz CT molecular complexity index is 161. The van der Waals surface area contributed by atoms with Crippen molar-refractivity contribution in [3.05, 3.63) is 0 Å². The molecule has 0 aromatic rings. The van der Waals surface area contributed by atoms with Gasteiger partial charge in [0.15, 0.2) is 5.96 Å². The Morgan fingerprint density at radius 1 is 1.50 bits per heavy atom. The smallest absolute Gasteiger partial charge is 0.188 e. The first-order valence-corrected chi connectivity index (χ1v) is 4.92. The molecule has 0 heterocycles. The van der Waals surface area contributed by atoms with Gasteiger partial charge in [0.2, 0.25) is 0 Å². The van der Waals surface area contributed by atoms with Crippen LogP contribution in [0.15, 0.2) is 4.99 Å². The van der Waals surface area contributed by atoms with Crippen molar-refractivity contribution in [3.63, 3.8) is 0 Å². The fourth-order valence-electron chi connectivity index (χ4n) is 0.937. The van der Waals surface area contributed by atoms with Gasteiger partial charge in [0.25, 0.3) is 0 Å². The van der Waals surface area contributed by atoms with E-state index in [4.69, 9.17) is 10.5 Å². The van der Waals surface area contributed by atoms with Gasteiger partial charge in [-0.25, -0.2) is 0 Å². The van der Waals surface area contributed by atoms with Crippen molar-refractivity contribution in [2.75, 3.05) is 46.9 Å². The van der Waals surface area contributed by atoms with E-state index in [2.05, 4.69) is 15.2 Å². The molecule has 0 rings (SSSR count). The predicted octanol–water partition coefficient (Wildman–Crippen LogP) is -0.511. The lowest BCUT2D eigenvalue weighted by Gasteiger charge is -2.14. The van der Waals surface area contributed by atoms with Crippen molar-refractivity contribution in [3.8, 4) is 0 Å². The summed E-state index contributed by atoms with van der Waals surface area (Å²) in [6, 6.07) is 0. The van der Waals surface area contributed by atoms with E-state index < -0.39 is 0 Å². The number of rotatable bonds is 7. The first kappa shape index (κ1) is 13.2. The summed E-state index contributed by atoms with van der Waals surface area (Å²) in [4.78, 5) is 6.32. The highest BCUT2D eigenvalue weighted by Crippen LogP contribution is 1.82. The van der Waals surface area contributed by atoms with Crippen molar-refractivity contribution in [2.45, 2.75) is 6.92 Å². The summed E-state index contributed by atoms with van der Waals surface area (Å²) in [5, 5.41) is 2.95. The second-order valence-electron chi connectivity index (χ2n) is 3.09. The topological polar surface area (TPSA) is 62.9 Å². The maximum absolute atomic E-state index is 5.57. The minimum Gasteiger partial charge on any atom is -0.383 e. The van der Waals surface area contributed by atoms with Gasteiger partial charge in [0.05, 0.1) is 13.2 Å². The van der Waals surface area contributed by atoms with Gasteiger partial charge in [-0.1, -0.05) is 0 Å². The minimum atomic E-state index is 0.521. The number of likely N-dealkylation sites (N-methyl/N-ethyl adjacent to an activating group) is 1. The van der Waals surface area contributed by atoms with Gasteiger partial charge in [-0.2, -0.15) is 0 Å². The summed E-state index contributed by atoms with van der Waals surface area (Å²) in [5.74, 6) is 0.521. The van der Waals surface area contributed by atoms with Crippen LogP contribution in [0.5, 0.6) is 0 Å². The second-order valence-corrected chi connectivity index (χ2v) is 3.09. The number of nitrogens with one attached hydrogen (secondary N) is 1. The van der Waals surface area contributed by atoms with E-state index in [9.17, 15) is 0 Å². The van der Waals surface area contributed by atoms with Crippen LogP contribution in [0.1, 0.15) is 6.92 Å². The van der Waals surface area contributed by atoms with Crippen molar-refractivity contribution in [1.29, 1.82) is 0 Å². The van der Waals surface area contributed by atoms with E-state index in [1.54, 1.807) is 7.11 Å². The number of methoxy groups -OCH3 is 1. The molecule has 0 saturated carbocycles. The number of nitrogens with two attached hydrogens (primary N) is 1. The number of guanidine groups is 1. The van der Waals surface area contributed by atoms with E-state index >= 15 is 0 Å². The lowest BCUT2D eigenvalue weighted by atomic mass is 10.5. The molecule has 0 aromatic heterocycles. The zero-order valence-electron chi connectivity index (χ0n) is 9.42. The fourth-order valence-corrected chi connectivity index (χ4v) is 0.937. The Hall–Kier alpha value is -0.810. The highest BCUT2D eigenvalue weighted by atomic mass is 16.5. The van der Waals surface area contributed by atoms with Crippen LogP contribution >= 0.6 is 0 Å². The first-order chi connectivity index (χ1) is 6.70. The average molecular weight is 202 g/mol. The van der Waals surface area contributed by atoms with Gasteiger partial charge >= 0.3 is 0 Å².